The summed E-state index contributed by atoms with van der Waals surface area (Å²) in [5, 5.41) is 10.1. The molecule has 0 heterocycles. The molecule has 0 spiro atoms. The summed E-state index contributed by atoms with van der Waals surface area (Å²) in [6, 6.07) is 9.91. The van der Waals surface area contributed by atoms with E-state index in [4.69, 9.17) is 6.42 Å². The third-order valence-electron chi connectivity index (χ3n) is 4.21. The van der Waals surface area contributed by atoms with Gasteiger partial charge in [0, 0.05) is 35.3 Å². The third-order valence-corrected chi connectivity index (χ3v) is 4.21. The maximum atomic E-state index is 12.8. The molecule has 3 rings (SSSR count). The molecule has 0 saturated heterocycles. The van der Waals surface area contributed by atoms with E-state index in [1.54, 1.807) is 41.4 Å². The first-order valence-corrected chi connectivity index (χ1v) is 8.10. The van der Waals surface area contributed by atoms with Crippen molar-refractivity contribution in [2.75, 3.05) is 13.1 Å². The summed E-state index contributed by atoms with van der Waals surface area (Å²) in [5.74, 6) is 2.13. The summed E-state index contributed by atoms with van der Waals surface area (Å²) in [5.41, 5.74) is 2.29. The molecule has 2 aromatic rings. The van der Waals surface area contributed by atoms with Crippen molar-refractivity contribution in [2.45, 2.75) is 13.8 Å². The van der Waals surface area contributed by atoms with Crippen LogP contribution in [0.2, 0.25) is 0 Å². The van der Waals surface area contributed by atoms with Crippen molar-refractivity contribution in [3.05, 3.63) is 64.2 Å². The Morgan fingerprint density at radius 3 is 2.04 bits per heavy atom. The van der Waals surface area contributed by atoms with Crippen molar-refractivity contribution in [2.24, 2.45) is 10.3 Å². The van der Waals surface area contributed by atoms with Crippen LogP contribution >= 0.6 is 0 Å². The van der Waals surface area contributed by atoms with Crippen LogP contribution in [0.5, 0.6) is 0 Å². The van der Waals surface area contributed by atoms with Crippen LogP contribution in [0.3, 0.4) is 0 Å². The second kappa shape index (κ2) is 6.70. The number of rotatable bonds is 4. The van der Waals surface area contributed by atoms with Crippen molar-refractivity contribution in [1.29, 1.82) is 0 Å². The molecule has 0 saturated carbocycles. The summed E-state index contributed by atoms with van der Waals surface area (Å²) in [7, 11) is 0. The minimum absolute atomic E-state index is 0.200. The van der Waals surface area contributed by atoms with Gasteiger partial charge in [-0.2, -0.15) is 0 Å². The number of carbonyl (C=O) groups excluding carboxylic acids is 2. The zero-order valence-electron chi connectivity index (χ0n) is 14.1. The van der Waals surface area contributed by atoms with Crippen LogP contribution in [-0.2, 0) is 0 Å². The maximum absolute atomic E-state index is 12.8. The van der Waals surface area contributed by atoms with E-state index in [0.717, 1.165) is 0 Å². The Bertz CT molecular complexity index is 934. The molecule has 0 atom stereocenters. The average molecular weight is 331 g/mol. The Morgan fingerprint density at radius 1 is 0.960 bits per heavy atom. The van der Waals surface area contributed by atoms with E-state index in [1.165, 1.54) is 0 Å². The lowest BCUT2D eigenvalue weighted by molar-refractivity contribution is 0.0979. The molecule has 25 heavy (non-hydrogen) atoms. The fraction of sp³-hybridized carbons (Fsp3) is 0.200. The Balaban J connectivity index is 2.13. The molecular formula is C20H17N3O2. The van der Waals surface area contributed by atoms with Crippen LogP contribution in [0, 0.1) is 12.3 Å². The number of terminal acetylenes is 1. The molecule has 5 nitrogen and oxygen atoms in total. The quantitative estimate of drug-likeness (QED) is 0.415. The molecule has 2 aromatic carbocycles. The van der Waals surface area contributed by atoms with E-state index in [9.17, 15) is 9.59 Å². The van der Waals surface area contributed by atoms with E-state index in [1.807, 2.05) is 13.8 Å². The number of benzene rings is 2. The van der Waals surface area contributed by atoms with Crippen LogP contribution < -0.4 is 0 Å². The van der Waals surface area contributed by atoms with Crippen LogP contribution in [0.1, 0.15) is 51.3 Å². The first-order chi connectivity index (χ1) is 12.1. The monoisotopic (exact) mass is 331 g/mol. The van der Waals surface area contributed by atoms with Gasteiger partial charge in [-0.15, -0.1) is 11.5 Å². The lowest BCUT2D eigenvalue weighted by Crippen LogP contribution is -2.21. The third kappa shape index (κ3) is 2.83. The van der Waals surface area contributed by atoms with Gasteiger partial charge in [0.2, 0.25) is 0 Å². The van der Waals surface area contributed by atoms with Crippen LogP contribution in [0.4, 0.5) is 5.69 Å². The zero-order chi connectivity index (χ0) is 18.0. The fourth-order valence-electron chi connectivity index (χ4n) is 2.79. The summed E-state index contributed by atoms with van der Waals surface area (Å²) >= 11 is 0. The number of hydrogen-bond acceptors (Lipinski definition) is 4. The molecule has 0 N–H and O–H groups in total. The second-order valence-corrected chi connectivity index (χ2v) is 5.59. The number of carbonyl (C=O) groups is 2. The molecule has 124 valence electrons. The predicted octanol–water partition coefficient (Wildman–Crippen LogP) is 3.78. The van der Waals surface area contributed by atoms with E-state index in [-0.39, 0.29) is 11.6 Å². The van der Waals surface area contributed by atoms with E-state index in [2.05, 4.69) is 16.3 Å². The summed E-state index contributed by atoms with van der Waals surface area (Å²) in [6.07, 6.45) is 5.57. The number of hydrogen-bond donors (Lipinski definition) is 0. The van der Waals surface area contributed by atoms with Gasteiger partial charge in [0.15, 0.2) is 11.6 Å². The van der Waals surface area contributed by atoms with Gasteiger partial charge in [-0.1, -0.05) is 35.4 Å². The van der Waals surface area contributed by atoms with Crippen molar-refractivity contribution < 1.29 is 9.59 Å². The first kappa shape index (κ1) is 16.6. The molecule has 0 bridgehead atoms. The average Bonchev–Trinajstić information content (AvgIpc) is 2.66. The van der Waals surface area contributed by atoms with Gasteiger partial charge in [-0.25, -0.2) is 0 Å². The van der Waals surface area contributed by atoms with Gasteiger partial charge in [-0.05, 0) is 26.0 Å². The van der Waals surface area contributed by atoms with Gasteiger partial charge < -0.3 is 0 Å². The van der Waals surface area contributed by atoms with Gasteiger partial charge in [-0.3, -0.25) is 14.6 Å². The number of nitrogens with zero attached hydrogens (tertiary/aromatic N) is 3. The normalized spacial score (nSPS) is 12.7. The smallest absolute Gasteiger partial charge is 0.194 e. The highest BCUT2D eigenvalue weighted by molar-refractivity contribution is 6.28. The molecule has 0 unspecified atom stereocenters. The summed E-state index contributed by atoms with van der Waals surface area (Å²) in [6.45, 7) is 5.36. The highest BCUT2D eigenvalue weighted by Crippen LogP contribution is 2.32. The Labute approximate surface area is 146 Å². The Morgan fingerprint density at radius 2 is 1.52 bits per heavy atom. The van der Waals surface area contributed by atoms with Crippen molar-refractivity contribution >= 4 is 17.3 Å². The molecule has 1 aliphatic rings. The van der Waals surface area contributed by atoms with Crippen LogP contribution in [-0.4, -0.2) is 29.7 Å². The van der Waals surface area contributed by atoms with E-state index >= 15 is 0 Å². The minimum atomic E-state index is -0.201. The maximum Gasteiger partial charge on any atom is 0.194 e. The van der Waals surface area contributed by atoms with Gasteiger partial charge in [0.05, 0.1) is 5.56 Å². The fourth-order valence-corrected chi connectivity index (χ4v) is 2.79. The van der Waals surface area contributed by atoms with Gasteiger partial charge >= 0.3 is 0 Å². The highest BCUT2D eigenvalue weighted by atomic mass is 16.1. The van der Waals surface area contributed by atoms with Gasteiger partial charge in [0.25, 0.3) is 0 Å². The molecule has 0 fully saturated rings. The number of fused-ring (bicyclic) bond motifs is 2. The van der Waals surface area contributed by atoms with Gasteiger partial charge in [0.1, 0.15) is 5.69 Å². The van der Waals surface area contributed by atoms with Crippen LogP contribution in [0.15, 0.2) is 46.7 Å². The zero-order valence-corrected chi connectivity index (χ0v) is 14.1. The lowest BCUT2D eigenvalue weighted by atomic mass is 9.83. The van der Waals surface area contributed by atoms with Crippen molar-refractivity contribution in [3.63, 3.8) is 0 Å². The first-order valence-electron chi connectivity index (χ1n) is 8.10. The predicted molar refractivity (Wildman–Crippen MR) is 95.1 cm³/mol. The molecule has 1 aliphatic carbocycles. The van der Waals surface area contributed by atoms with E-state index in [0.29, 0.717) is 46.6 Å². The SMILES string of the molecule is C#Cc1cc2c(cc1N=NN(CC)CC)C(=O)c1ccccc1C2=O. The van der Waals surface area contributed by atoms with Crippen molar-refractivity contribution in [3.8, 4) is 12.3 Å². The highest BCUT2D eigenvalue weighted by Gasteiger charge is 2.30. The Kier molecular flexibility index (Phi) is 4.44. The standard InChI is InChI=1S/C20H17N3O2/c1-4-13-11-16-17(12-18(13)21-22-23(5-2)6-3)20(25)15-10-8-7-9-14(15)19(16)24/h1,7-12H,5-6H2,2-3H3. The molecule has 0 aliphatic heterocycles. The molecular weight excluding hydrogens is 314 g/mol. The Hall–Kier alpha value is -3.26. The largest absolute Gasteiger partial charge is 0.289 e. The second-order valence-electron chi connectivity index (χ2n) is 5.59. The molecule has 0 aromatic heterocycles. The van der Waals surface area contributed by atoms with Crippen molar-refractivity contribution in [1.82, 2.24) is 5.01 Å². The summed E-state index contributed by atoms with van der Waals surface area (Å²) < 4.78 is 0. The molecule has 0 amide bonds. The van der Waals surface area contributed by atoms with E-state index < -0.39 is 0 Å². The topological polar surface area (TPSA) is 62.1 Å². The minimum Gasteiger partial charge on any atom is -0.289 e. The summed E-state index contributed by atoms with van der Waals surface area (Å²) in [4.78, 5) is 25.5. The molecule has 0 radical (unpaired) electrons. The number of ketones is 2. The van der Waals surface area contributed by atoms with Crippen LogP contribution in [0.25, 0.3) is 0 Å². The molecule has 5 heteroatoms. The lowest BCUT2D eigenvalue weighted by Gasteiger charge is -2.18.